The predicted molar refractivity (Wildman–Crippen MR) is 77.7 cm³/mol. The monoisotopic (exact) mass is 319 g/mol. The van der Waals surface area contributed by atoms with Gasteiger partial charge in [-0.1, -0.05) is 20.3 Å². The van der Waals surface area contributed by atoms with Crippen molar-refractivity contribution in [2.24, 2.45) is 11.7 Å². The summed E-state index contributed by atoms with van der Waals surface area (Å²) in [6.45, 7) is 4.09. The van der Waals surface area contributed by atoms with Crippen LogP contribution in [0.3, 0.4) is 0 Å². The van der Waals surface area contributed by atoms with Crippen LogP contribution in [0.15, 0.2) is 0 Å². The highest BCUT2D eigenvalue weighted by atomic mass is 16.4. The number of hydrogen-bond donors (Lipinski definition) is 6. The third-order valence-corrected chi connectivity index (χ3v) is 3.37. The number of rotatable bonds is 9. The van der Waals surface area contributed by atoms with Crippen molar-refractivity contribution in [3.63, 3.8) is 0 Å². The Labute approximate surface area is 128 Å². The topological polar surface area (TPSA) is 162 Å². The van der Waals surface area contributed by atoms with E-state index in [1.165, 1.54) is 6.92 Å². The number of nitrogens with one attached hydrogen (secondary N) is 2. The normalized spacial score (nSPS) is 17.7. The van der Waals surface area contributed by atoms with Crippen LogP contribution < -0.4 is 16.4 Å². The Morgan fingerprint density at radius 3 is 1.95 bits per heavy atom. The molecule has 0 aliphatic heterocycles. The van der Waals surface area contributed by atoms with E-state index in [2.05, 4.69) is 10.6 Å². The molecule has 128 valence electrons. The minimum atomic E-state index is -1.36. The number of nitrogens with two attached hydrogens (primary N) is 1. The average Bonchev–Trinajstić information content (AvgIpc) is 2.47. The number of carboxylic acid groups (broad SMARTS) is 1. The summed E-state index contributed by atoms with van der Waals surface area (Å²) in [5, 5.41) is 32.0. The van der Waals surface area contributed by atoms with Crippen LogP contribution in [0.4, 0.5) is 0 Å². The van der Waals surface area contributed by atoms with Crippen LogP contribution in [0, 0.1) is 5.92 Å². The fraction of sp³-hybridized carbons (Fsp3) is 0.769. The fourth-order valence-electron chi connectivity index (χ4n) is 1.67. The van der Waals surface area contributed by atoms with Crippen molar-refractivity contribution in [1.29, 1.82) is 0 Å². The lowest BCUT2D eigenvalue weighted by Crippen LogP contribution is -2.59. The van der Waals surface area contributed by atoms with Crippen LogP contribution in [0.5, 0.6) is 0 Å². The van der Waals surface area contributed by atoms with Crippen molar-refractivity contribution in [3.8, 4) is 0 Å². The van der Waals surface area contributed by atoms with E-state index >= 15 is 0 Å². The van der Waals surface area contributed by atoms with Gasteiger partial charge in [0.2, 0.25) is 11.8 Å². The molecule has 7 N–H and O–H groups in total. The van der Waals surface area contributed by atoms with E-state index in [9.17, 15) is 19.5 Å². The van der Waals surface area contributed by atoms with E-state index in [4.69, 9.17) is 15.9 Å². The van der Waals surface area contributed by atoms with Crippen LogP contribution in [0.1, 0.15) is 27.2 Å². The molecule has 0 unspecified atom stereocenters. The molecule has 0 fully saturated rings. The van der Waals surface area contributed by atoms with Crippen LogP contribution in [0.25, 0.3) is 0 Å². The van der Waals surface area contributed by atoms with Crippen molar-refractivity contribution in [2.45, 2.75) is 51.4 Å². The minimum absolute atomic E-state index is 0.327. The molecule has 0 heterocycles. The number of carbonyl (C=O) groups excluding carboxylic acids is 2. The smallest absolute Gasteiger partial charge is 0.326 e. The highest BCUT2D eigenvalue weighted by Gasteiger charge is 2.32. The number of amides is 2. The second kappa shape index (κ2) is 9.34. The molecule has 9 nitrogen and oxygen atoms in total. The first-order valence-corrected chi connectivity index (χ1v) is 7.03. The molecule has 0 radical (unpaired) electrons. The van der Waals surface area contributed by atoms with Gasteiger partial charge < -0.3 is 31.7 Å². The van der Waals surface area contributed by atoms with Gasteiger partial charge in [-0.3, -0.25) is 9.59 Å². The Bertz CT molecular complexity index is 401. The number of aliphatic carboxylic acids is 1. The molecule has 0 bridgehead atoms. The van der Waals surface area contributed by atoms with Crippen LogP contribution >= 0.6 is 0 Å². The molecular weight excluding hydrogens is 294 g/mol. The van der Waals surface area contributed by atoms with Gasteiger partial charge >= 0.3 is 5.97 Å². The number of hydrogen-bond acceptors (Lipinski definition) is 6. The Balaban J connectivity index is 4.99. The highest BCUT2D eigenvalue weighted by Crippen LogP contribution is 2.08. The molecule has 5 atom stereocenters. The van der Waals surface area contributed by atoms with Crippen molar-refractivity contribution in [1.82, 2.24) is 10.6 Å². The minimum Gasteiger partial charge on any atom is -0.480 e. The quantitative estimate of drug-likeness (QED) is 0.280. The first-order chi connectivity index (χ1) is 10.1. The van der Waals surface area contributed by atoms with Crippen molar-refractivity contribution in [2.75, 3.05) is 6.61 Å². The van der Waals surface area contributed by atoms with Gasteiger partial charge in [0.1, 0.15) is 18.1 Å². The number of carbonyl (C=O) groups is 3. The Morgan fingerprint density at radius 1 is 1.09 bits per heavy atom. The van der Waals surface area contributed by atoms with Crippen LogP contribution in [-0.4, -0.2) is 63.9 Å². The van der Waals surface area contributed by atoms with Gasteiger partial charge in [0, 0.05) is 0 Å². The molecule has 22 heavy (non-hydrogen) atoms. The molecule has 0 aliphatic carbocycles. The summed E-state index contributed by atoms with van der Waals surface area (Å²) in [6, 6.07) is -3.74. The molecule has 0 saturated carbocycles. The third-order valence-electron chi connectivity index (χ3n) is 3.37. The van der Waals surface area contributed by atoms with Crippen LogP contribution in [0.2, 0.25) is 0 Å². The summed E-state index contributed by atoms with van der Waals surface area (Å²) in [4.78, 5) is 34.9. The van der Waals surface area contributed by atoms with Gasteiger partial charge in [0.25, 0.3) is 0 Å². The maximum absolute atomic E-state index is 12.1. The second-order valence-electron chi connectivity index (χ2n) is 5.23. The summed E-state index contributed by atoms with van der Waals surface area (Å²) in [5.74, 6) is -3.18. The molecule has 0 saturated heterocycles. The molecule has 0 spiro atoms. The first kappa shape index (κ1) is 20.3. The standard InChI is InChI=1S/C13H25N3O6/c1-4-6(2)9(13(21)22)15-12(20)10(7(3)18)16-11(19)8(14)5-17/h6-10,17-18H,4-5,14H2,1-3H3,(H,15,20)(H,16,19)(H,21,22)/t6-,7+,8-,9-,10-/m0/s1. The average molecular weight is 319 g/mol. The summed E-state index contributed by atoms with van der Waals surface area (Å²) < 4.78 is 0. The number of aliphatic hydroxyl groups excluding tert-OH is 2. The molecular formula is C13H25N3O6. The van der Waals surface area contributed by atoms with Gasteiger partial charge in [0.15, 0.2) is 0 Å². The zero-order chi connectivity index (χ0) is 17.4. The van der Waals surface area contributed by atoms with Crippen molar-refractivity contribution in [3.05, 3.63) is 0 Å². The van der Waals surface area contributed by atoms with E-state index in [1.54, 1.807) is 13.8 Å². The van der Waals surface area contributed by atoms with E-state index in [0.717, 1.165) is 0 Å². The predicted octanol–water partition coefficient (Wildman–Crippen LogP) is -2.21. The number of carboxylic acids is 1. The second-order valence-corrected chi connectivity index (χ2v) is 5.23. The lowest BCUT2D eigenvalue weighted by atomic mass is 9.98. The van der Waals surface area contributed by atoms with Crippen molar-refractivity contribution >= 4 is 17.8 Å². The Kier molecular flexibility index (Phi) is 8.61. The molecule has 0 aromatic rings. The summed E-state index contributed by atoms with van der Waals surface area (Å²) >= 11 is 0. The van der Waals surface area contributed by atoms with E-state index < -0.39 is 48.6 Å². The molecule has 0 aromatic heterocycles. The third kappa shape index (κ3) is 5.96. The number of aliphatic hydroxyl groups is 2. The maximum Gasteiger partial charge on any atom is 0.326 e. The summed E-state index contributed by atoms with van der Waals surface area (Å²) in [7, 11) is 0. The van der Waals surface area contributed by atoms with E-state index in [-0.39, 0.29) is 5.92 Å². The molecule has 0 rings (SSSR count). The van der Waals surface area contributed by atoms with E-state index in [0.29, 0.717) is 6.42 Å². The Hall–Kier alpha value is -1.71. The summed E-state index contributed by atoms with van der Waals surface area (Å²) in [5.41, 5.74) is 5.31. The largest absolute Gasteiger partial charge is 0.480 e. The lowest BCUT2D eigenvalue weighted by molar-refractivity contribution is -0.144. The zero-order valence-electron chi connectivity index (χ0n) is 12.9. The molecule has 2 amide bonds. The molecule has 9 heteroatoms. The highest BCUT2D eigenvalue weighted by molar-refractivity contribution is 5.92. The zero-order valence-corrected chi connectivity index (χ0v) is 12.9. The molecule has 0 aromatic carbocycles. The van der Waals surface area contributed by atoms with Crippen molar-refractivity contribution < 1.29 is 29.7 Å². The van der Waals surface area contributed by atoms with Gasteiger partial charge in [-0.05, 0) is 12.8 Å². The fourth-order valence-corrected chi connectivity index (χ4v) is 1.67. The Morgan fingerprint density at radius 2 is 1.59 bits per heavy atom. The van der Waals surface area contributed by atoms with Gasteiger partial charge in [-0.15, -0.1) is 0 Å². The maximum atomic E-state index is 12.1. The SMILES string of the molecule is CC[C@H](C)[C@H](NC(=O)[C@@H](NC(=O)[C@@H](N)CO)[C@@H](C)O)C(=O)O. The lowest BCUT2D eigenvalue weighted by Gasteiger charge is -2.26. The van der Waals surface area contributed by atoms with E-state index in [1.807, 2.05) is 0 Å². The van der Waals surface area contributed by atoms with Crippen LogP contribution in [-0.2, 0) is 14.4 Å². The van der Waals surface area contributed by atoms with Gasteiger partial charge in [-0.2, -0.15) is 0 Å². The van der Waals surface area contributed by atoms with Gasteiger partial charge in [-0.25, -0.2) is 4.79 Å². The summed E-state index contributed by atoms with van der Waals surface area (Å²) in [6.07, 6.45) is -0.737. The first-order valence-electron chi connectivity index (χ1n) is 7.03. The van der Waals surface area contributed by atoms with Gasteiger partial charge in [0.05, 0.1) is 12.7 Å². The molecule has 0 aliphatic rings.